The van der Waals surface area contributed by atoms with Gasteiger partial charge in [0.1, 0.15) is 5.75 Å². The van der Waals surface area contributed by atoms with Crippen molar-refractivity contribution >= 4 is 9.84 Å². The van der Waals surface area contributed by atoms with Gasteiger partial charge in [-0.15, -0.1) is 0 Å². The smallest absolute Gasteiger partial charge is 0.179 e. The van der Waals surface area contributed by atoms with Gasteiger partial charge in [0.05, 0.1) is 10.6 Å². The van der Waals surface area contributed by atoms with Crippen molar-refractivity contribution in [3.63, 3.8) is 0 Å². The van der Waals surface area contributed by atoms with E-state index in [4.69, 9.17) is 10.8 Å². The summed E-state index contributed by atoms with van der Waals surface area (Å²) in [5.41, 5.74) is 5.42. The highest BCUT2D eigenvalue weighted by molar-refractivity contribution is 7.91. The molecular formula is C9H13NO3S. The molecule has 0 heterocycles. The van der Waals surface area contributed by atoms with E-state index in [1.165, 1.54) is 24.3 Å². The monoisotopic (exact) mass is 215 g/mol. The summed E-state index contributed by atoms with van der Waals surface area (Å²) < 4.78 is 23.2. The normalized spacial score (nSPS) is 13.9. The number of aromatic hydroxyl groups is 1. The molecule has 3 N–H and O–H groups in total. The quantitative estimate of drug-likeness (QED) is 0.770. The SMILES string of the molecule is CC(N)CS(=O)(=O)c1ccc(O)cc1. The first kappa shape index (κ1) is 11.0. The van der Waals surface area contributed by atoms with Crippen LogP contribution in [-0.2, 0) is 9.84 Å². The molecule has 0 bridgehead atoms. The summed E-state index contributed by atoms with van der Waals surface area (Å²) in [5.74, 6) is -0.0395. The van der Waals surface area contributed by atoms with E-state index in [-0.39, 0.29) is 16.4 Å². The van der Waals surface area contributed by atoms with Crippen LogP contribution in [0.1, 0.15) is 6.92 Å². The number of hydrogen-bond acceptors (Lipinski definition) is 4. The van der Waals surface area contributed by atoms with Gasteiger partial charge in [0, 0.05) is 6.04 Å². The predicted octanol–water partition coefficient (Wildman–Crippen LogP) is 0.513. The Morgan fingerprint density at radius 2 is 1.86 bits per heavy atom. The van der Waals surface area contributed by atoms with E-state index < -0.39 is 15.9 Å². The molecule has 0 saturated carbocycles. The summed E-state index contributed by atoms with van der Waals surface area (Å²) in [6.45, 7) is 1.64. The lowest BCUT2D eigenvalue weighted by molar-refractivity contribution is 0.475. The molecule has 1 aromatic carbocycles. The fraction of sp³-hybridized carbons (Fsp3) is 0.333. The molecule has 14 heavy (non-hydrogen) atoms. The molecule has 1 unspecified atom stereocenters. The van der Waals surface area contributed by atoms with Crippen LogP contribution in [0.5, 0.6) is 5.75 Å². The van der Waals surface area contributed by atoms with Gasteiger partial charge < -0.3 is 10.8 Å². The maximum Gasteiger partial charge on any atom is 0.179 e. The fourth-order valence-electron chi connectivity index (χ4n) is 1.10. The molecule has 0 spiro atoms. The lowest BCUT2D eigenvalue weighted by Gasteiger charge is -2.06. The van der Waals surface area contributed by atoms with Crippen molar-refractivity contribution in [1.29, 1.82) is 0 Å². The lowest BCUT2D eigenvalue weighted by atomic mass is 10.3. The van der Waals surface area contributed by atoms with Crippen molar-refractivity contribution < 1.29 is 13.5 Å². The number of benzene rings is 1. The third kappa shape index (κ3) is 2.71. The predicted molar refractivity (Wildman–Crippen MR) is 53.8 cm³/mol. The van der Waals surface area contributed by atoms with E-state index in [9.17, 15) is 8.42 Å². The van der Waals surface area contributed by atoms with Crippen LogP contribution in [0, 0.1) is 0 Å². The summed E-state index contributed by atoms with van der Waals surface area (Å²) in [4.78, 5) is 0.188. The Hall–Kier alpha value is -1.07. The van der Waals surface area contributed by atoms with E-state index in [1.807, 2.05) is 0 Å². The zero-order valence-corrected chi connectivity index (χ0v) is 8.66. The van der Waals surface area contributed by atoms with Gasteiger partial charge in [0.15, 0.2) is 9.84 Å². The van der Waals surface area contributed by atoms with Crippen molar-refractivity contribution in [3.8, 4) is 5.75 Å². The number of rotatable bonds is 3. The van der Waals surface area contributed by atoms with Crippen LogP contribution in [0.25, 0.3) is 0 Å². The molecule has 0 aliphatic rings. The van der Waals surface area contributed by atoms with Crippen molar-refractivity contribution in [3.05, 3.63) is 24.3 Å². The van der Waals surface area contributed by atoms with E-state index >= 15 is 0 Å². The summed E-state index contributed by atoms with van der Waals surface area (Å²) in [6.07, 6.45) is 0. The van der Waals surface area contributed by atoms with E-state index in [2.05, 4.69) is 0 Å². The van der Waals surface area contributed by atoms with Gasteiger partial charge in [-0.05, 0) is 31.2 Å². The Bertz CT molecular complexity index is 395. The Labute approximate surface area is 83.3 Å². The molecule has 4 nitrogen and oxygen atoms in total. The minimum Gasteiger partial charge on any atom is -0.508 e. The van der Waals surface area contributed by atoms with Crippen LogP contribution in [0.4, 0.5) is 0 Å². The largest absolute Gasteiger partial charge is 0.508 e. The van der Waals surface area contributed by atoms with Crippen molar-refractivity contribution in [2.24, 2.45) is 5.73 Å². The van der Waals surface area contributed by atoms with Gasteiger partial charge >= 0.3 is 0 Å². The number of phenolic OH excluding ortho intramolecular Hbond substituents is 1. The van der Waals surface area contributed by atoms with Gasteiger partial charge in [-0.3, -0.25) is 0 Å². The molecule has 78 valence electrons. The zero-order valence-electron chi connectivity index (χ0n) is 7.84. The Kier molecular flexibility index (Phi) is 3.13. The fourth-order valence-corrected chi connectivity index (χ4v) is 2.53. The molecule has 1 aromatic rings. The van der Waals surface area contributed by atoms with E-state index in [1.54, 1.807) is 6.92 Å². The molecule has 0 radical (unpaired) electrons. The van der Waals surface area contributed by atoms with Crippen LogP contribution < -0.4 is 5.73 Å². The van der Waals surface area contributed by atoms with Gasteiger partial charge in [-0.2, -0.15) is 0 Å². The van der Waals surface area contributed by atoms with E-state index in [0.717, 1.165) is 0 Å². The van der Waals surface area contributed by atoms with Gasteiger partial charge in [-0.1, -0.05) is 0 Å². The lowest BCUT2D eigenvalue weighted by Crippen LogP contribution is -2.26. The first-order chi connectivity index (χ1) is 6.42. The van der Waals surface area contributed by atoms with Crippen LogP contribution in [-0.4, -0.2) is 25.3 Å². The molecule has 5 heteroatoms. The van der Waals surface area contributed by atoms with Crippen molar-refractivity contribution in [2.75, 3.05) is 5.75 Å². The number of sulfone groups is 1. The molecule has 0 amide bonds. The zero-order chi connectivity index (χ0) is 10.8. The maximum atomic E-state index is 11.6. The van der Waals surface area contributed by atoms with Crippen LogP contribution in [0.3, 0.4) is 0 Å². The Balaban J connectivity index is 2.99. The third-order valence-corrected chi connectivity index (χ3v) is 3.63. The molecule has 0 saturated heterocycles. The third-order valence-electron chi connectivity index (χ3n) is 1.68. The molecule has 0 fully saturated rings. The molecule has 0 aliphatic heterocycles. The summed E-state index contributed by atoms with van der Waals surface area (Å²) >= 11 is 0. The first-order valence-corrected chi connectivity index (χ1v) is 5.84. The summed E-state index contributed by atoms with van der Waals surface area (Å²) in [6, 6.07) is 5.02. The van der Waals surface area contributed by atoms with Crippen LogP contribution >= 0.6 is 0 Å². The Morgan fingerprint density at radius 3 is 2.29 bits per heavy atom. The molecule has 1 atom stereocenters. The average Bonchev–Trinajstić information content (AvgIpc) is 2.02. The second kappa shape index (κ2) is 3.98. The average molecular weight is 215 g/mol. The number of phenols is 1. The Morgan fingerprint density at radius 1 is 1.36 bits per heavy atom. The number of nitrogens with two attached hydrogens (primary N) is 1. The second-order valence-electron chi connectivity index (χ2n) is 3.25. The highest BCUT2D eigenvalue weighted by Crippen LogP contribution is 2.15. The first-order valence-electron chi connectivity index (χ1n) is 4.19. The summed E-state index contributed by atoms with van der Waals surface area (Å²) in [5, 5.41) is 8.98. The van der Waals surface area contributed by atoms with Crippen LogP contribution in [0.2, 0.25) is 0 Å². The molecule has 1 rings (SSSR count). The van der Waals surface area contributed by atoms with Crippen LogP contribution in [0.15, 0.2) is 29.2 Å². The van der Waals surface area contributed by atoms with E-state index in [0.29, 0.717) is 0 Å². The van der Waals surface area contributed by atoms with Gasteiger partial charge in [0.2, 0.25) is 0 Å². The molecule has 0 aliphatic carbocycles. The second-order valence-corrected chi connectivity index (χ2v) is 5.29. The van der Waals surface area contributed by atoms with Gasteiger partial charge in [0.25, 0.3) is 0 Å². The maximum absolute atomic E-state index is 11.6. The highest BCUT2D eigenvalue weighted by Gasteiger charge is 2.15. The summed E-state index contributed by atoms with van der Waals surface area (Å²) in [7, 11) is -3.31. The number of hydrogen-bond donors (Lipinski definition) is 2. The van der Waals surface area contributed by atoms with Crippen molar-refractivity contribution in [1.82, 2.24) is 0 Å². The standard InChI is InChI=1S/C9H13NO3S/c1-7(10)6-14(12,13)9-4-2-8(11)3-5-9/h2-5,7,11H,6,10H2,1H3. The molecular weight excluding hydrogens is 202 g/mol. The minimum absolute atomic E-state index is 0.0461. The topological polar surface area (TPSA) is 80.4 Å². The van der Waals surface area contributed by atoms with Crippen molar-refractivity contribution in [2.45, 2.75) is 17.9 Å². The minimum atomic E-state index is -3.31. The van der Waals surface area contributed by atoms with Gasteiger partial charge in [-0.25, -0.2) is 8.42 Å². The highest BCUT2D eigenvalue weighted by atomic mass is 32.2. The molecule has 0 aromatic heterocycles.